The molecular formula is C26H34ClN3O. The molecule has 0 radical (unpaired) electrons. The number of hydrogen-bond acceptors (Lipinski definition) is 3. The third-order valence-electron chi connectivity index (χ3n) is 7.12. The summed E-state index contributed by atoms with van der Waals surface area (Å²) in [5.41, 5.74) is 3.51. The van der Waals surface area contributed by atoms with E-state index < -0.39 is 0 Å². The first-order chi connectivity index (χ1) is 15.1. The zero-order valence-electron chi connectivity index (χ0n) is 18.6. The highest BCUT2D eigenvalue weighted by Gasteiger charge is 2.31. The van der Waals surface area contributed by atoms with Crippen molar-refractivity contribution in [2.75, 3.05) is 26.2 Å². The molecule has 1 aromatic heterocycles. The smallest absolute Gasteiger partial charge is 0.254 e. The van der Waals surface area contributed by atoms with Gasteiger partial charge in [0.2, 0.25) is 0 Å². The van der Waals surface area contributed by atoms with Crippen molar-refractivity contribution in [1.29, 1.82) is 0 Å². The Balaban J connectivity index is 1.33. The molecule has 5 heteroatoms. The Labute approximate surface area is 191 Å². The first-order valence-corrected chi connectivity index (χ1v) is 12.2. The Morgan fingerprint density at radius 1 is 1.13 bits per heavy atom. The maximum Gasteiger partial charge on any atom is 0.254 e. The molecule has 2 fully saturated rings. The molecule has 31 heavy (non-hydrogen) atoms. The fourth-order valence-electron chi connectivity index (χ4n) is 5.16. The van der Waals surface area contributed by atoms with Crippen LogP contribution in [0.25, 0.3) is 0 Å². The first-order valence-electron chi connectivity index (χ1n) is 11.8. The van der Waals surface area contributed by atoms with E-state index in [1.807, 2.05) is 0 Å². The van der Waals surface area contributed by atoms with Crippen LogP contribution < -0.4 is 0 Å². The van der Waals surface area contributed by atoms with Gasteiger partial charge in [-0.15, -0.1) is 0 Å². The number of pyridine rings is 1. The zero-order chi connectivity index (χ0) is 21.6. The van der Waals surface area contributed by atoms with Crippen LogP contribution in [0.15, 0.2) is 42.6 Å². The summed E-state index contributed by atoms with van der Waals surface area (Å²) < 4.78 is 0. The van der Waals surface area contributed by atoms with Gasteiger partial charge < -0.3 is 9.80 Å². The Morgan fingerprint density at radius 2 is 1.87 bits per heavy atom. The molecule has 1 amide bonds. The van der Waals surface area contributed by atoms with E-state index in [1.165, 1.54) is 36.8 Å². The molecule has 0 N–H and O–H groups in total. The van der Waals surface area contributed by atoms with Crippen LogP contribution >= 0.6 is 11.6 Å². The number of benzene rings is 1. The standard InChI is InChI=1S/C26H34ClN3O/c1-20-6-2-3-7-22(20)13-17-29-15-11-21(12-16-29)19-30(24-8-4-5-9-24)26(31)23-10-14-28-25(27)18-23/h2-3,6-7,10,14,18,21,24H,4-5,8-9,11-13,15-17,19H2,1H3. The maximum absolute atomic E-state index is 13.3. The lowest BCUT2D eigenvalue weighted by molar-refractivity contribution is 0.0598. The molecule has 166 valence electrons. The number of aryl methyl sites for hydroxylation is 1. The second-order valence-corrected chi connectivity index (χ2v) is 9.61. The molecule has 0 atom stereocenters. The van der Waals surface area contributed by atoms with Crippen molar-refractivity contribution in [1.82, 2.24) is 14.8 Å². The second-order valence-electron chi connectivity index (χ2n) is 9.22. The normalized spacial score (nSPS) is 18.4. The van der Waals surface area contributed by atoms with Crippen molar-refractivity contribution < 1.29 is 4.79 Å². The highest BCUT2D eigenvalue weighted by Crippen LogP contribution is 2.28. The van der Waals surface area contributed by atoms with Gasteiger partial charge >= 0.3 is 0 Å². The van der Waals surface area contributed by atoms with E-state index in [4.69, 9.17) is 11.6 Å². The maximum atomic E-state index is 13.3. The highest BCUT2D eigenvalue weighted by atomic mass is 35.5. The average molecular weight is 440 g/mol. The number of amides is 1. The van der Waals surface area contributed by atoms with Gasteiger partial charge in [0.1, 0.15) is 5.15 Å². The molecule has 2 aromatic rings. The lowest BCUT2D eigenvalue weighted by atomic mass is 9.94. The molecule has 0 bridgehead atoms. The summed E-state index contributed by atoms with van der Waals surface area (Å²) >= 11 is 6.06. The van der Waals surface area contributed by atoms with Crippen molar-refractivity contribution in [2.24, 2.45) is 5.92 Å². The Bertz CT molecular complexity index is 872. The van der Waals surface area contributed by atoms with Gasteiger partial charge in [-0.2, -0.15) is 0 Å². The molecule has 4 nitrogen and oxygen atoms in total. The number of carbonyl (C=O) groups excluding carboxylic acids is 1. The fraction of sp³-hybridized carbons (Fsp3) is 0.538. The van der Waals surface area contributed by atoms with Crippen LogP contribution in [0.5, 0.6) is 0 Å². The molecule has 2 aliphatic rings. The molecule has 1 saturated carbocycles. The third-order valence-corrected chi connectivity index (χ3v) is 7.33. The van der Waals surface area contributed by atoms with Gasteiger partial charge in [-0.3, -0.25) is 4.79 Å². The van der Waals surface area contributed by atoms with E-state index in [9.17, 15) is 4.79 Å². The quantitative estimate of drug-likeness (QED) is 0.543. The van der Waals surface area contributed by atoms with Gasteiger partial charge in [-0.1, -0.05) is 48.7 Å². The highest BCUT2D eigenvalue weighted by molar-refractivity contribution is 6.29. The molecule has 4 rings (SSSR count). The van der Waals surface area contributed by atoms with Crippen LogP contribution in [0.3, 0.4) is 0 Å². The monoisotopic (exact) mass is 439 g/mol. The van der Waals surface area contributed by atoms with Gasteiger partial charge in [0.05, 0.1) is 0 Å². The molecular weight excluding hydrogens is 406 g/mol. The minimum absolute atomic E-state index is 0.123. The summed E-state index contributed by atoms with van der Waals surface area (Å²) in [7, 11) is 0. The Kier molecular flexibility index (Phi) is 7.62. The van der Waals surface area contributed by atoms with Crippen LogP contribution in [-0.4, -0.2) is 52.9 Å². The van der Waals surface area contributed by atoms with Crippen molar-refractivity contribution in [3.8, 4) is 0 Å². The van der Waals surface area contributed by atoms with Gasteiger partial charge in [0.15, 0.2) is 0 Å². The summed E-state index contributed by atoms with van der Waals surface area (Å²) in [5, 5.41) is 0.388. The number of nitrogens with zero attached hydrogens (tertiary/aromatic N) is 3. The SMILES string of the molecule is Cc1ccccc1CCN1CCC(CN(C(=O)c2ccnc(Cl)c2)C2CCCC2)CC1. The largest absolute Gasteiger partial charge is 0.335 e. The molecule has 0 spiro atoms. The van der Waals surface area contributed by atoms with E-state index >= 15 is 0 Å². The number of aromatic nitrogens is 1. The van der Waals surface area contributed by atoms with Crippen molar-refractivity contribution in [3.05, 3.63) is 64.4 Å². The van der Waals surface area contributed by atoms with Crippen LogP contribution in [-0.2, 0) is 6.42 Å². The zero-order valence-corrected chi connectivity index (χ0v) is 19.4. The van der Waals surface area contributed by atoms with E-state index in [0.29, 0.717) is 22.7 Å². The predicted molar refractivity (Wildman–Crippen MR) is 127 cm³/mol. The van der Waals surface area contributed by atoms with E-state index in [-0.39, 0.29) is 5.91 Å². The fourth-order valence-corrected chi connectivity index (χ4v) is 5.33. The van der Waals surface area contributed by atoms with E-state index in [1.54, 1.807) is 18.3 Å². The third kappa shape index (κ3) is 5.87. The molecule has 1 aromatic carbocycles. The summed E-state index contributed by atoms with van der Waals surface area (Å²) in [5.74, 6) is 0.703. The summed E-state index contributed by atoms with van der Waals surface area (Å²) in [6, 6.07) is 12.6. The molecule has 1 aliphatic heterocycles. The predicted octanol–water partition coefficient (Wildman–Crippen LogP) is 5.38. The summed E-state index contributed by atoms with van der Waals surface area (Å²) in [6.07, 6.45) is 9.79. The number of carbonyl (C=O) groups is 1. The van der Waals surface area contributed by atoms with Crippen molar-refractivity contribution in [3.63, 3.8) is 0 Å². The lowest BCUT2D eigenvalue weighted by Gasteiger charge is -2.37. The number of hydrogen-bond donors (Lipinski definition) is 0. The number of rotatable bonds is 7. The Hall–Kier alpha value is -1.91. The Morgan fingerprint density at radius 3 is 2.58 bits per heavy atom. The number of piperidine rings is 1. The number of likely N-dealkylation sites (tertiary alicyclic amines) is 1. The minimum atomic E-state index is 0.123. The van der Waals surface area contributed by atoms with Gasteiger partial charge in [-0.05, 0) is 81.3 Å². The molecule has 2 heterocycles. The summed E-state index contributed by atoms with van der Waals surface area (Å²) in [4.78, 5) is 22.1. The topological polar surface area (TPSA) is 36.4 Å². The molecule has 0 unspecified atom stereocenters. The lowest BCUT2D eigenvalue weighted by Crippen LogP contribution is -2.45. The number of halogens is 1. The van der Waals surface area contributed by atoms with Gasteiger partial charge in [0.25, 0.3) is 5.91 Å². The second kappa shape index (κ2) is 10.6. The molecule has 1 aliphatic carbocycles. The average Bonchev–Trinajstić information content (AvgIpc) is 3.32. The van der Waals surface area contributed by atoms with Crippen LogP contribution in [0.2, 0.25) is 5.15 Å². The van der Waals surface area contributed by atoms with E-state index in [0.717, 1.165) is 45.4 Å². The first kappa shape index (κ1) is 22.3. The van der Waals surface area contributed by atoms with Gasteiger partial charge in [0, 0.05) is 30.9 Å². The molecule has 1 saturated heterocycles. The van der Waals surface area contributed by atoms with Crippen molar-refractivity contribution >= 4 is 17.5 Å². The summed E-state index contributed by atoms with van der Waals surface area (Å²) in [6.45, 7) is 6.45. The van der Waals surface area contributed by atoms with Crippen molar-refractivity contribution in [2.45, 2.75) is 57.9 Å². The van der Waals surface area contributed by atoms with Crippen LogP contribution in [0, 0.1) is 12.8 Å². The van der Waals surface area contributed by atoms with Crippen LogP contribution in [0.4, 0.5) is 0 Å². The van der Waals surface area contributed by atoms with Crippen LogP contribution in [0.1, 0.15) is 60.0 Å². The van der Waals surface area contributed by atoms with Gasteiger partial charge in [-0.25, -0.2) is 4.98 Å². The van der Waals surface area contributed by atoms with E-state index in [2.05, 4.69) is 46.0 Å². The minimum Gasteiger partial charge on any atom is -0.335 e.